The molecular weight excluding hydrogens is 857 g/mol. The molecule has 0 bridgehead atoms. The van der Waals surface area contributed by atoms with Gasteiger partial charge in [-0.05, 0) is 101 Å². The highest BCUT2D eigenvalue weighted by Gasteiger charge is 2.50. The Morgan fingerprint density at radius 3 is 1.00 bits per heavy atom. The van der Waals surface area contributed by atoms with E-state index < -0.39 is 16.1 Å². The van der Waals surface area contributed by atoms with Gasteiger partial charge < -0.3 is 9.80 Å². The zero-order chi connectivity index (χ0) is 45.7. The van der Waals surface area contributed by atoms with E-state index in [-0.39, 0.29) is 0 Å². The topological polar surface area (TPSA) is 34.6 Å². The van der Waals surface area contributed by atoms with Crippen molar-refractivity contribution in [1.29, 1.82) is 5.26 Å². The minimum absolute atomic E-state index is 0.483. The molecule has 0 amide bonds. The lowest BCUT2D eigenvalue weighted by Gasteiger charge is -2.45. The van der Waals surface area contributed by atoms with E-state index in [1.54, 1.807) is 0 Å². The summed E-state index contributed by atoms with van der Waals surface area (Å²) in [5.41, 5.74) is 8.62. The molecule has 12 rings (SSSR count). The van der Waals surface area contributed by atoms with Gasteiger partial charge in [0.25, 0.3) is 0 Å². The van der Waals surface area contributed by atoms with Gasteiger partial charge in [-0.1, -0.05) is 206 Å². The number of para-hydroxylation sites is 4. The molecule has 10 aromatic carbocycles. The van der Waals surface area contributed by atoms with Gasteiger partial charge >= 0.3 is 0 Å². The summed E-state index contributed by atoms with van der Waals surface area (Å²) in [6, 6.07) is 94.0. The molecule has 0 spiro atoms. The lowest BCUT2D eigenvalue weighted by Crippen LogP contribution is -2.77. The second-order valence-corrected chi connectivity index (χ2v) is 24.8. The maximum Gasteiger partial charge on any atom is 0.197 e. The molecule has 2 aliphatic heterocycles. The highest BCUT2D eigenvalue weighted by Crippen LogP contribution is 2.45. The Labute approximate surface area is 399 Å². The summed E-state index contributed by atoms with van der Waals surface area (Å²) < 4.78 is 0. The van der Waals surface area contributed by atoms with Crippen LogP contribution in [0.15, 0.2) is 255 Å². The molecule has 6 heteroatoms. The smallest absolute Gasteiger partial charge is 0.197 e. The van der Waals surface area contributed by atoms with Crippen molar-refractivity contribution < 1.29 is 0 Å². The van der Waals surface area contributed by atoms with Crippen molar-refractivity contribution in [3.05, 3.63) is 272 Å². The molecule has 318 valence electrons. The van der Waals surface area contributed by atoms with Crippen molar-refractivity contribution in [2.45, 2.75) is 0 Å². The van der Waals surface area contributed by atoms with Crippen molar-refractivity contribution in [2.75, 3.05) is 9.80 Å². The fourth-order valence-electron chi connectivity index (χ4n) is 11.4. The minimum Gasteiger partial charge on any atom is -0.312 e. The Kier molecular flexibility index (Phi) is 9.92. The van der Waals surface area contributed by atoms with Crippen LogP contribution in [0.1, 0.15) is 5.56 Å². The third kappa shape index (κ3) is 6.03. The summed E-state index contributed by atoms with van der Waals surface area (Å²) in [5, 5.41) is 21.4. The summed E-state index contributed by atoms with van der Waals surface area (Å²) in [5.74, 6) is 0. The minimum atomic E-state index is -2.80. The van der Waals surface area contributed by atoms with E-state index >= 15 is 0 Å². The SMILES string of the molecule is [C-]#[N+]c1cc(N2c3ccccc3[Si](c3ccccc3)(c3ccccc3)c3ccccc32)ccc1-c1ccc(N2c3ccccc3[Si](c3ccccc3)(c3ccccc3)c3ccccc32)cc1C#N. The summed E-state index contributed by atoms with van der Waals surface area (Å²) >= 11 is 0. The van der Waals surface area contributed by atoms with E-state index in [2.05, 4.69) is 251 Å². The molecule has 4 nitrogen and oxygen atoms in total. The first kappa shape index (κ1) is 40.7. The number of nitrogens with zero attached hydrogens (tertiary/aromatic N) is 4. The fraction of sp³-hybridized carbons (Fsp3) is 0. The van der Waals surface area contributed by atoms with Gasteiger partial charge in [-0.25, -0.2) is 4.85 Å². The summed E-state index contributed by atoms with van der Waals surface area (Å²) in [7, 11) is -5.59. The summed E-state index contributed by atoms with van der Waals surface area (Å²) in [6.45, 7) is 8.62. The molecule has 0 fully saturated rings. The Bertz CT molecular complexity index is 3200. The molecule has 0 aromatic heterocycles. The van der Waals surface area contributed by atoms with Crippen LogP contribution in [0.5, 0.6) is 0 Å². The number of hydrogen-bond acceptors (Lipinski definition) is 3. The van der Waals surface area contributed by atoms with Gasteiger partial charge in [-0.3, -0.25) is 0 Å². The van der Waals surface area contributed by atoms with Crippen molar-refractivity contribution >= 4 is 97.5 Å². The van der Waals surface area contributed by atoms with Crippen molar-refractivity contribution in [3.63, 3.8) is 0 Å². The number of nitriles is 1. The molecule has 2 heterocycles. The maximum absolute atomic E-state index is 11.0. The van der Waals surface area contributed by atoms with Gasteiger partial charge in [0.1, 0.15) is 0 Å². The van der Waals surface area contributed by atoms with Crippen LogP contribution in [-0.4, -0.2) is 16.1 Å². The van der Waals surface area contributed by atoms with Crippen LogP contribution in [0.3, 0.4) is 0 Å². The molecule has 0 saturated heterocycles. The monoisotopic (exact) mass is 898 g/mol. The molecular formula is C62H42N4Si2. The second kappa shape index (κ2) is 16.6. The van der Waals surface area contributed by atoms with Crippen molar-refractivity contribution in [1.82, 2.24) is 0 Å². The number of benzene rings is 10. The quantitative estimate of drug-likeness (QED) is 0.118. The van der Waals surface area contributed by atoms with E-state index in [1.165, 1.54) is 41.5 Å². The normalized spacial score (nSPS) is 13.7. The van der Waals surface area contributed by atoms with Crippen LogP contribution in [0, 0.1) is 17.9 Å². The van der Waals surface area contributed by atoms with Crippen LogP contribution in [-0.2, 0) is 0 Å². The average Bonchev–Trinajstić information content (AvgIpc) is 3.42. The maximum atomic E-state index is 11.0. The largest absolute Gasteiger partial charge is 0.312 e. The first-order valence-electron chi connectivity index (χ1n) is 22.9. The van der Waals surface area contributed by atoms with E-state index in [9.17, 15) is 5.26 Å². The van der Waals surface area contributed by atoms with Crippen molar-refractivity contribution in [3.8, 4) is 17.2 Å². The van der Waals surface area contributed by atoms with Crippen LogP contribution >= 0.6 is 0 Å². The van der Waals surface area contributed by atoms with E-state index in [4.69, 9.17) is 6.57 Å². The van der Waals surface area contributed by atoms with E-state index in [1.807, 2.05) is 24.3 Å². The second-order valence-electron chi connectivity index (χ2n) is 17.4. The van der Waals surface area contributed by atoms with Gasteiger partial charge in [0.15, 0.2) is 21.8 Å². The molecule has 68 heavy (non-hydrogen) atoms. The molecule has 0 saturated carbocycles. The number of rotatable bonds is 7. The highest BCUT2D eigenvalue weighted by atomic mass is 28.3. The summed E-state index contributed by atoms with van der Waals surface area (Å²) in [6.07, 6.45) is 0. The lowest BCUT2D eigenvalue weighted by molar-refractivity contribution is 1.28. The number of anilines is 6. The Balaban J connectivity index is 0.990. The van der Waals surface area contributed by atoms with Crippen molar-refractivity contribution in [2.24, 2.45) is 0 Å². The van der Waals surface area contributed by atoms with Gasteiger partial charge in [0.2, 0.25) is 0 Å². The fourth-order valence-corrected chi connectivity index (χ4v) is 21.6. The van der Waals surface area contributed by atoms with Gasteiger partial charge in [0, 0.05) is 34.1 Å². The average molecular weight is 899 g/mol. The number of fused-ring (bicyclic) bond motifs is 4. The van der Waals surface area contributed by atoms with Crippen LogP contribution in [0.2, 0.25) is 0 Å². The third-order valence-electron chi connectivity index (χ3n) is 14.1. The first-order valence-corrected chi connectivity index (χ1v) is 26.9. The summed E-state index contributed by atoms with van der Waals surface area (Å²) in [4.78, 5) is 8.83. The molecule has 0 N–H and O–H groups in total. The zero-order valence-electron chi connectivity index (χ0n) is 37.0. The van der Waals surface area contributed by atoms with Gasteiger partial charge in [-0.15, -0.1) is 0 Å². The first-order chi connectivity index (χ1) is 33.7. The van der Waals surface area contributed by atoms with Gasteiger partial charge in [0.05, 0.1) is 18.2 Å². The van der Waals surface area contributed by atoms with E-state index in [0.29, 0.717) is 11.3 Å². The van der Waals surface area contributed by atoms with Crippen LogP contribution in [0.25, 0.3) is 16.0 Å². The number of hydrogen-bond donors (Lipinski definition) is 0. The predicted octanol–water partition coefficient (Wildman–Crippen LogP) is 10.1. The Hall–Kier alpha value is -8.79. The highest BCUT2D eigenvalue weighted by molar-refractivity contribution is 7.22. The lowest BCUT2D eigenvalue weighted by atomic mass is 9.97. The Morgan fingerprint density at radius 1 is 0.353 bits per heavy atom. The van der Waals surface area contributed by atoms with E-state index in [0.717, 1.165) is 45.3 Å². The van der Waals surface area contributed by atoms with Crippen LogP contribution < -0.4 is 51.3 Å². The molecule has 2 aliphatic rings. The molecule has 0 unspecified atom stereocenters. The van der Waals surface area contributed by atoms with Crippen LogP contribution in [0.4, 0.5) is 39.8 Å². The standard InChI is InChI=1S/C62H42N4Si2/c1-64-54-43-47(66-57-32-16-20-36-61(57)68(50-26-10-4-11-27-50,51-28-12-5-13-29-51)62-37-21-17-33-58(62)66)39-41-53(54)52-40-38-46(42-45(52)44-63)65-55-30-14-18-34-59(55)67(48-22-6-2-7-23-48,49-24-8-3-9-25-49)60-35-19-15-31-56(60)65/h2-43H. The zero-order valence-corrected chi connectivity index (χ0v) is 39.0. The molecule has 0 aliphatic carbocycles. The molecule has 10 aromatic rings. The van der Waals surface area contributed by atoms with Gasteiger partial charge in [-0.2, -0.15) is 5.26 Å². The molecule has 0 atom stereocenters. The predicted molar refractivity (Wildman–Crippen MR) is 287 cm³/mol. The Morgan fingerprint density at radius 2 is 0.662 bits per heavy atom. The third-order valence-corrected chi connectivity index (χ3v) is 23.8. The molecule has 0 radical (unpaired) electrons.